The average molecular weight is 289 g/mol. The monoisotopic (exact) mass is 288 g/mol. The second-order valence-electron chi connectivity index (χ2n) is 3.65. The summed E-state index contributed by atoms with van der Waals surface area (Å²) in [7, 11) is 0. The van der Waals surface area contributed by atoms with E-state index in [0.717, 1.165) is 18.2 Å². The van der Waals surface area contributed by atoms with Crippen LogP contribution in [0, 0.1) is 23.3 Å². The van der Waals surface area contributed by atoms with E-state index in [1.165, 1.54) is 6.07 Å². The molecular weight excluding hydrogens is 284 g/mol. The number of rotatable bonds is 2. The number of carbonyl (C=O) groups excluding carboxylic acids is 1. The number of carbonyl (C=O) groups is 1. The number of benzene rings is 2. The molecule has 0 aliphatic carbocycles. The van der Waals surface area contributed by atoms with Crippen molar-refractivity contribution in [3.63, 3.8) is 0 Å². The normalized spacial score (nSPS) is 10.6. The van der Waals surface area contributed by atoms with Crippen LogP contribution in [0.25, 0.3) is 0 Å². The molecule has 2 aromatic rings. The van der Waals surface area contributed by atoms with E-state index in [4.69, 9.17) is 11.6 Å². The predicted molar refractivity (Wildman–Crippen MR) is 61.2 cm³/mol. The summed E-state index contributed by atoms with van der Waals surface area (Å²) in [5, 5.41) is -0.503. The fraction of sp³-hybridized carbons (Fsp3) is 0. The third-order valence-corrected chi connectivity index (χ3v) is 2.86. The summed E-state index contributed by atoms with van der Waals surface area (Å²) in [6, 6.07) is 4.76. The van der Waals surface area contributed by atoms with Gasteiger partial charge in [0, 0.05) is 5.56 Å². The molecular formula is C13H5ClF4O. The van der Waals surface area contributed by atoms with Gasteiger partial charge in [-0.2, -0.15) is 0 Å². The van der Waals surface area contributed by atoms with Gasteiger partial charge in [-0.1, -0.05) is 17.7 Å². The van der Waals surface area contributed by atoms with Gasteiger partial charge >= 0.3 is 0 Å². The van der Waals surface area contributed by atoms with Gasteiger partial charge in [-0.25, -0.2) is 17.6 Å². The van der Waals surface area contributed by atoms with Gasteiger partial charge in [-0.05, 0) is 24.3 Å². The van der Waals surface area contributed by atoms with E-state index >= 15 is 0 Å². The fourth-order valence-corrected chi connectivity index (χ4v) is 1.74. The minimum Gasteiger partial charge on any atom is -0.288 e. The molecule has 2 aromatic carbocycles. The van der Waals surface area contributed by atoms with Crippen molar-refractivity contribution < 1.29 is 22.4 Å². The maximum absolute atomic E-state index is 13.5. The molecule has 2 rings (SSSR count). The number of hydrogen-bond acceptors (Lipinski definition) is 1. The predicted octanol–water partition coefficient (Wildman–Crippen LogP) is 4.13. The molecule has 0 spiro atoms. The Hall–Kier alpha value is -1.88. The Balaban J connectivity index is 2.57. The third kappa shape index (κ3) is 2.33. The summed E-state index contributed by atoms with van der Waals surface area (Å²) in [5.41, 5.74) is -1.04. The van der Waals surface area contributed by atoms with Crippen molar-refractivity contribution in [3.8, 4) is 0 Å². The highest BCUT2D eigenvalue weighted by Gasteiger charge is 2.22. The second-order valence-corrected chi connectivity index (χ2v) is 4.03. The van der Waals surface area contributed by atoms with Gasteiger partial charge in [0.15, 0.2) is 23.2 Å². The minimum atomic E-state index is -1.77. The van der Waals surface area contributed by atoms with Gasteiger partial charge in [-0.3, -0.25) is 4.79 Å². The molecule has 98 valence electrons. The largest absolute Gasteiger partial charge is 0.288 e. The van der Waals surface area contributed by atoms with E-state index in [0.29, 0.717) is 6.07 Å². The van der Waals surface area contributed by atoms with Crippen molar-refractivity contribution in [2.24, 2.45) is 0 Å². The first-order valence-corrected chi connectivity index (χ1v) is 5.43. The van der Waals surface area contributed by atoms with Gasteiger partial charge in [0.25, 0.3) is 0 Å². The molecule has 0 fully saturated rings. The summed E-state index contributed by atoms with van der Waals surface area (Å²) >= 11 is 5.58. The number of halogens is 5. The maximum Gasteiger partial charge on any atom is 0.197 e. The smallest absolute Gasteiger partial charge is 0.197 e. The summed E-state index contributed by atoms with van der Waals surface area (Å²) in [6.07, 6.45) is 0. The van der Waals surface area contributed by atoms with Crippen molar-refractivity contribution in [1.82, 2.24) is 0 Å². The Kier molecular flexibility index (Phi) is 3.57. The van der Waals surface area contributed by atoms with Crippen molar-refractivity contribution in [3.05, 3.63) is 69.8 Å². The van der Waals surface area contributed by atoms with Crippen LogP contribution in [0.5, 0.6) is 0 Å². The Morgan fingerprint density at radius 2 is 1.53 bits per heavy atom. The van der Waals surface area contributed by atoms with Gasteiger partial charge in [0.1, 0.15) is 5.82 Å². The quantitative estimate of drug-likeness (QED) is 0.461. The summed E-state index contributed by atoms with van der Waals surface area (Å²) in [5.74, 6) is -6.71. The molecule has 19 heavy (non-hydrogen) atoms. The standard InChI is InChI=1S/C13H5ClF4O/c14-10-6(2-1-3-8(10)15)13(19)7-4-5-9(16)12(18)11(7)17/h1-5H. The van der Waals surface area contributed by atoms with Crippen LogP contribution in [0.3, 0.4) is 0 Å². The summed E-state index contributed by atoms with van der Waals surface area (Å²) in [4.78, 5) is 11.9. The summed E-state index contributed by atoms with van der Waals surface area (Å²) < 4.78 is 52.4. The Bertz CT molecular complexity index is 670. The van der Waals surface area contributed by atoms with Crippen LogP contribution in [0.4, 0.5) is 17.6 Å². The molecule has 0 aliphatic heterocycles. The zero-order valence-corrected chi connectivity index (χ0v) is 9.94. The number of hydrogen-bond donors (Lipinski definition) is 0. The maximum atomic E-state index is 13.5. The lowest BCUT2D eigenvalue weighted by atomic mass is 10.0. The van der Waals surface area contributed by atoms with E-state index in [1.807, 2.05) is 0 Å². The van der Waals surface area contributed by atoms with Gasteiger partial charge < -0.3 is 0 Å². The molecule has 0 atom stereocenters. The average Bonchev–Trinajstić information content (AvgIpc) is 2.39. The molecule has 0 saturated heterocycles. The van der Waals surface area contributed by atoms with E-state index in [9.17, 15) is 22.4 Å². The van der Waals surface area contributed by atoms with Crippen LogP contribution >= 0.6 is 11.6 Å². The van der Waals surface area contributed by atoms with E-state index in [1.54, 1.807) is 0 Å². The van der Waals surface area contributed by atoms with Crippen molar-refractivity contribution in [2.45, 2.75) is 0 Å². The van der Waals surface area contributed by atoms with E-state index < -0.39 is 39.6 Å². The lowest BCUT2D eigenvalue weighted by molar-refractivity contribution is 0.103. The molecule has 0 heterocycles. The minimum absolute atomic E-state index is 0.327. The van der Waals surface area contributed by atoms with E-state index in [-0.39, 0.29) is 5.56 Å². The highest BCUT2D eigenvalue weighted by molar-refractivity contribution is 6.35. The Morgan fingerprint density at radius 1 is 0.842 bits per heavy atom. The molecule has 0 saturated carbocycles. The van der Waals surface area contributed by atoms with Crippen molar-refractivity contribution in [1.29, 1.82) is 0 Å². The van der Waals surface area contributed by atoms with Crippen molar-refractivity contribution in [2.75, 3.05) is 0 Å². The molecule has 0 N–H and O–H groups in total. The lowest BCUT2D eigenvalue weighted by Gasteiger charge is -2.06. The van der Waals surface area contributed by atoms with Crippen LogP contribution in [-0.4, -0.2) is 5.78 Å². The van der Waals surface area contributed by atoms with Crippen molar-refractivity contribution >= 4 is 17.4 Å². The van der Waals surface area contributed by atoms with Gasteiger partial charge in [0.05, 0.1) is 10.6 Å². The topological polar surface area (TPSA) is 17.1 Å². The van der Waals surface area contributed by atoms with Crippen LogP contribution < -0.4 is 0 Å². The molecule has 0 aliphatic rings. The van der Waals surface area contributed by atoms with Crippen LogP contribution in [0.1, 0.15) is 15.9 Å². The SMILES string of the molecule is O=C(c1ccc(F)c(F)c1F)c1cccc(F)c1Cl. The summed E-state index contributed by atoms with van der Waals surface area (Å²) in [6.45, 7) is 0. The van der Waals surface area contributed by atoms with E-state index in [2.05, 4.69) is 0 Å². The highest BCUT2D eigenvalue weighted by atomic mass is 35.5. The first-order chi connectivity index (χ1) is 8.93. The van der Waals surface area contributed by atoms with Gasteiger partial charge in [0.2, 0.25) is 0 Å². The fourth-order valence-electron chi connectivity index (χ4n) is 1.53. The Labute approximate surface area is 110 Å². The molecule has 0 bridgehead atoms. The lowest BCUT2D eigenvalue weighted by Crippen LogP contribution is -2.08. The van der Waals surface area contributed by atoms with Crippen LogP contribution in [0.2, 0.25) is 5.02 Å². The zero-order chi connectivity index (χ0) is 14.2. The molecule has 0 radical (unpaired) electrons. The highest BCUT2D eigenvalue weighted by Crippen LogP contribution is 2.24. The molecule has 0 unspecified atom stereocenters. The van der Waals surface area contributed by atoms with Crippen LogP contribution in [0.15, 0.2) is 30.3 Å². The first kappa shape index (κ1) is 13.5. The van der Waals surface area contributed by atoms with Gasteiger partial charge in [-0.15, -0.1) is 0 Å². The molecule has 0 aromatic heterocycles. The molecule has 0 amide bonds. The Morgan fingerprint density at radius 3 is 2.21 bits per heavy atom. The number of ketones is 1. The third-order valence-electron chi connectivity index (χ3n) is 2.48. The van der Waals surface area contributed by atoms with Crippen LogP contribution in [-0.2, 0) is 0 Å². The zero-order valence-electron chi connectivity index (χ0n) is 9.18. The second kappa shape index (κ2) is 5.01. The molecule has 6 heteroatoms. The first-order valence-electron chi connectivity index (χ1n) is 5.05. The molecule has 1 nitrogen and oxygen atoms in total.